The van der Waals surface area contributed by atoms with Crippen LogP contribution in [0.15, 0.2) is 24.0 Å². The normalized spacial score (nSPS) is 14.9. The van der Waals surface area contributed by atoms with Crippen LogP contribution in [0.2, 0.25) is 0 Å². The number of hydrogen-bond acceptors (Lipinski definition) is 4. The number of allylic oxidation sites excluding steroid dienone is 1. The highest BCUT2D eigenvalue weighted by Crippen LogP contribution is 2.26. The van der Waals surface area contributed by atoms with Crippen molar-refractivity contribution in [3.63, 3.8) is 0 Å². The Morgan fingerprint density at radius 1 is 1.41 bits per heavy atom. The van der Waals surface area contributed by atoms with E-state index in [2.05, 4.69) is 21.5 Å². The Hall–Kier alpha value is -2.37. The molecule has 0 atom stereocenters. The molecular formula is C16H20N4O2. The van der Waals surface area contributed by atoms with Gasteiger partial charge < -0.3 is 10.4 Å². The summed E-state index contributed by atoms with van der Waals surface area (Å²) in [7, 11) is 1.80. The molecule has 22 heavy (non-hydrogen) atoms. The van der Waals surface area contributed by atoms with Crippen molar-refractivity contribution >= 4 is 22.7 Å². The van der Waals surface area contributed by atoms with Gasteiger partial charge in [-0.1, -0.05) is 11.6 Å². The van der Waals surface area contributed by atoms with E-state index in [1.165, 1.54) is 24.6 Å². The van der Waals surface area contributed by atoms with Gasteiger partial charge in [-0.2, -0.15) is 5.10 Å². The summed E-state index contributed by atoms with van der Waals surface area (Å²) in [6.07, 6.45) is 11.2. The molecule has 0 spiro atoms. The Morgan fingerprint density at radius 3 is 3.00 bits per heavy atom. The van der Waals surface area contributed by atoms with E-state index in [4.69, 9.17) is 0 Å². The van der Waals surface area contributed by atoms with Crippen LogP contribution in [0, 0.1) is 0 Å². The number of aryl methyl sites for hydroxylation is 1. The Labute approximate surface area is 128 Å². The second-order valence-electron chi connectivity index (χ2n) is 5.64. The van der Waals surface area contributed by atoms with Crippen LogP contribution in [0.25, 0.3) is 11.0 Å². The average molecular weight is 300 g/mol. The van der Waals surface area contributed by atoms with Crippen LogP contribution >= 0.6 is 0 Å². The molecule has 2 heterocycles. The topological polar surface area (TPSA) is 80.0 Å². The van der Waals surface area contributed by atoms with Crippen LogP contribution < -0.4 is 5.32 Å². The number of pyridine rings is 1. The van der Waals surface area contributed by atoms with Gasteiger partial charge in [0.05, 0.1) is 17.3 Å². The summed E-state index contributed by atoms with van der Waals surface area (Å²) in [5.74, 6) is -0.974. The molecule has 2 aromatic rings. The molecule has 0 saturated heterocycles. The van der Waals surface area contributed by atoms with Crippen molar-refractivity contribution in [3.05, 3.63) is 29.6 Å². The average Bonchev–Trinajstić information content (AvgIpc) is 2.90. The summed E-state index contributed by atoms with van der Waals surface area (Å²) >= 11 is 0. The number of carbonyl (C=O) groups is 1. The zero-order valence-electron chi connectivity index (χ0n) is 12.7. The van der Waals surface area contributed by atoms with E-state index in [-0.39, 0.29) is 5.56 Å². The first-order valence-electron chi connectivity index (χ1n) is 7.62. The summed E-state index contributed by atoms with van der Waals surface area (Å²) in [5, 5.41) is 17.6. The second kappa shape index (κ2) is 6.17. The molecule has 0 fully saturated rings. The van der Waals surface area contributed by atoms with E-state index in [1.807, 2.05) is 0 Å². The zero-order valence-corrected chi connectivity index (χ0v) is 12.7. The zero-order chi connectivity index (χ0) is 15.5. The number of aromatic nitrogens is 3. The Morgan fingerprint density at radius 2 is 2.27 bits per heavy atom. The fraction of sp³-hybridized carbons (Fsp3) is 0.438. The van der Waals surface area contributed by atoms with Crippen LogP contribution in [-0.4, -0.2) is 32.4 Å². The number of carboxylic acids is 1. The van der Waals surface area contributed by atoms with Gasteiger partial charge in [0.15, 0.2) is 5.65 Å². The molecule has 0 unspecified atom stereocenters. The van der Waals surface area contributed by atoms with Gasteiger partial charge in [0.25, 0.3) is 0 Å². The monoisotopic (exact) mass is 300 g/mol. The lowest BCUT2D eigenvalue weighted by molar-refractivity contribution is 0.0697. The maximum absolute atomic E-state index is 11.4. The van der Waals surface area contributed by atoms with Crippen molar-refractivity contribution < 1.29 is 9.90 Å². The lowest BCUT2D eigenvalue weighted by atomic mass is 9.97. The summed E-state index contributed by atoms with van der Waals surface area (Å²) in [4.78, 5) is 15.6. The van der Waals surface area contributed by atoms with Crippen molar-refractivity contribution in [1.29, 1.82) is 0 Å². The quantitative estimate of drug-likeness (QED) is 0.830. The molecule has 6 nitrogen and oxygen atoms in total. The van der Waals surface area contributed by atoms with E-state index in [1.54, 1.807) is 17.9 Å². The molecule has 0 amide bonds. The van der Waals surface area contributed by atoms with Gasteiger partial charge in [0.1, 0.15) is 5.56 Å². The standard InChI is InChI=1S/C16H20N4O2/c1-20-15-12(10-19-20)14(13(9-18-15)16(21)22)17-8-7-11-5-3-2-4-6-11/h5,9-10H,2-4,6-8H2,1H3,(H,17,18)(H,21,22). The minimum Gasteiger partial charge on any atom is -0.478 e. The second-order valence-corrected chi connectivity index (χ2v) is 5.64. The van der Waals surface area contributed by atoms with Gasteiger partial charge in [0, 0.05) is 19.8 Å². The molecule has 0 saturated carbocycles. The predicted molar refractivity (Wildman–Crippen MR) is 85.1 cm³/mol. The molecule has 2 N–H and O–H groups in total. The number of nitrogens with zero attached hydrogens (tertiary/aromatic N) is 3. The van der Waals surface area contributed by atoms with Crippen LogP contribution in [-0.2, 0) is 7.05 Å². The van der Waals surface area contributed by atoms with E-state index in [0.717, 1.165) is 31.2 Å². The lowest BCUT2D eigenvalue weighted by Crippen LogP contribution is -2.10. The first-order chi connectivity index (χ1) is 10.7. The predicted octanol–water partition coefficient (Wildman–Crippen LogP) is 2.97. The van der Waals surface area contributed by atoms with Crippen molar-refractivity contribution in [2.45, 2.75) is 32.1 Å². The molecule has 0 aliphatic heterocycles. The smallest absolute Gasteiger partial charge is 0.339 e. The lowest BCUT2D eigenvalue weighted by Gasteiger charge is -2.14. The fourth-order valence-electron chi connectivity index (χ4n) is 2.93. The Bertz CT molecular complexity index is 733. The Balaban J connectivity index is 1.83. The number of nitrogens with one attached hydrogen (secondary N) is 1. The number of fused-ring (bicyclic) bond motifs is 1. The van der Waals surface area contributed by atoms with Crippen molar-refractivity contribution in [2.75, 3.05) is 11.9 Å². The number of rotatable bonds is 5. The third-order valence-electron chi connectivity index (χ3n) is 4.13. The van der Waals surface area contributed by atoms with Gasteiger partial charge >= 0.3 is 5.97 Å². The minimum absolute atomic E-state index is 0.193. The summed E-state index contributed by atoms with van der Waals surface area (Å²) in [6, 6.07) is 0. The van der Waals surface area contributed by atoms with Gasteiger partial charge in [0.2, 0.25) is 0 Å². The van der Waals surface area contributed by atoms with Crippen LogP contribution in [0.1, 0.15) is 42.5 Å². The first-order valence-corrected chi connectivity index (χ1v) is 7.62. The molecule has 3 rings (SSSR count). The molecule has 1 aliphatic carbocycles. The molecule has 116 valence electrons. The van der Waals surface area contributed by atoms with Crippen LogP contribution in [0.3, 0.4) is 0 Å². The highest BCUT2D eigenvalue weighted by atomic mass is 16.4. The molecule has 0 bridgehead atoms. The van der Waals surface area contributed by atoms with Crippen LogP contribution in [0.5, 0.6) is 0 Å². The summed E-state index contributed by atoms with van der Waals surface area (Å²) in [6.45, 7) is 0.722. The maximum Gasteiger partial charge on any atom is 0.339 e. The van der Waals surface area contributed by atoms with Gasteiger partial charge in [-0.3, -0.25) is 4.68 Å². The number of hydrogen-bond donors (Lipinski definition) is 2. The number of carboxylic acid groups (broad SMARTS) is 1. The third kappa shape index (κ3) is 2.81. The third-order valence-corrected chi connectivity index (χ3v) is 4.13. The van der Waals surface area contributed by atoms with Gasteiger partial charge in [-0.25, -0.2) is 9.78 Å². The van der Waals surface area contributed by atoms with Gasteiger partial charge in [-0.05, 0) is 32.1 Å². The van der Waals surface area contributed by atoms with Crippen molar-refractivity contribution in [3.8, 4) is 0 Å². The fourth-order valence-corrected chi connectivity index (χ4v) is 2.93. The highest BCUT2D eigenvalue weighted by molar-refractivity contribution is 6.03. The Kier molecular flexibility index (Phi) is 4.09. The maximum atomic E-state index is 11.4. The highest BCUT2D eigenvalue weighted by Gasteiger charge is 2.16. The number of aromatic carboxylic acids is 1. The van der Waals surface area contributed by atoms with E-state index < -0.39 is 5.97 Å². The number of anilines is 1. The first kappa shape index (κ1) is 14.6. The molecule has 0 aromatic carbocycles. The minimum atomic E-state index is -0.974. The van der Waals surface area contributed by atoms with Crippen molar-refractivity contribution in [2.24, 2.45) is 7.05 Å². The van der Waals surface area contributed by atoms with Crippen molar-refractivity contribution in [1.82, 2.24) is 14.8 Å². The van der Waals surface area contributed by atoms with E-state index in [0.29, 0.717) is 11.3 Å². The summed E-state index contributed by atoms with van der Waals surface area (Å²) in [5.41, 5.74) is 2.96. The SMILES string of the molecule is Cn1ncc2c(NCCC3=CCCCC3)c(C(=O)O)cnc21. The van der Waals surface area contributed by atoms with Crippen LogP contribution in [0.4, 0.5) is 5.69 Å². The molecular weight excluding hydrogens is 280 g/mol. The molecule has 2 aromatic heterocycles. The largest absolute Gasteiger partial charge is 0.478 e. The van der Waals surface area contributed by atoms with E-state index >= 15 is 0 Å². The van der Waals surface area contributed by atoms with E-state index in [9.17, 15) is 9.90 Å². The molecule has 1 aliphatic rings. The molecule has 0 radical (unpaired) electrons. The summed E-state index contributed by atoms with van der Waals surface area (Å²) < 4.78 is 1.65. The van der Waals surface area contributed by atoms with Gasteiger partial charge in [-0.15, -0.1) is 0 Å². The molecule has 6 heteroatoms.